The smallest absolute Gasteiger partial charge is 0.408 e. The first kappa shape index (κ1) is 22.2. The number of amides is 1. The van der Waals surface area contributed by atoms with Gasteiger partial charge in [0.25, 0.3) is 0 Å². The number of nitrogens with one attached hydrogen (secondary N) is 1. The van der Waals surface area contributed by atoms with E-state index in [2.05, 4.69) is 21.4 Å². The minimum Gasteiger partial charge on any atom is -0.444 e. The lowest BCUT2D eigenvalue weighted by molar-refractivity contribution is 0.0503. The Labute approximate surface area is 202 Å². The van der Waals surface area contributed by atoms with Gasteiger partial charge in [-0.05, 0) is 81.1 Å². The van der Waals surface area contributed by atoms with E-state index in [1.54, 1.807) is 12.3 Å². The summed E-state index contributed by atoms with van der Waals surface area (Å²) in [6.45, 7) is 5.55. The Balaban J connectivity index is 1.57. The van der Waals surface area contributed by atoms with Crippen molar-refractivity contribution in [3.63, 3.8) is 0 Å². The molecule has 1 aliphatic rings. The van der Waals surface area contributed by atoms with Gasteiger partial charge in [0, 0.05) is 11.9 Å². The summed E-state index contributed by atoms with van der Waals surface area (Å²) in [5.74, 6) is 1.02. The van der Waals surface area contributed by atoms with E-state index in [4.69, 9.17) is 27.1 Å². The van der Waals surface area contributed by atoms with Crippen molar-refractivity contribution in [3.05, 3.63) is 64.9 Å². The van der Waals surface area contributed by atoms with E-state index in [0.717, 1.165) is 29.7 Å². The molecule has 1 aliphatic carbocycles. The topological polar surface area (TPSA) is 108 Å². The number of nitrogen functional groups attached to an aromatic ring is 1. The summed E-state index contributed by atoms with van der Waals surface area (Å²) in [5.41, 5.74) is 10.8. The van der Waals surface area contributed by atoms with Crippen molar-refractivity contribution in [2.75, 3.05) is 5.73 Å². The van der Waals surface area contributed by atoms with E-state index in [1.807, 2.05) is 55.7 Å². The predicted molar refractivity (Wildman–Crippen MR) is 132 cm³/mol. The standard InChI is InChI=1S/C25H25ClN6O2/c1-25(2,3)34-24(33)30-18-9-6-14-13-15(7-8-16(14)18)32-22(17-5-4-12-28-21(17)27)29-19-10-11-20(26)31-23(19)32/h4-5,7-8,10-13,18H,6,9H2,1-3H3,(H2,27,28)(H,30,33). The molecule has 0 aliphatic heterocycles. The van der Waals surface area contributed by atoms with E-state index >= 15 is 0 Å². The number of carbonyl (C=O) groups is 1. The van der Waals surface area contributed by atoms with Crippen LogP contribution in [0.1, 0.15) is 44.4 Å². The number of hydrogen-bond acceptors (Lipinski definition) is 6. The number of alkyl carbamates (subject to hydrolysis) is 1. The van der Waals surface area contributed by atoms with Crippen molar-refractivity contribution in [2.45, 2.75) is 45.3 Å². The Morgan fingerprint density at radius 1 is 1.21 bits per heavy atom. The molecule has 174 valence electrons. The van der Waals surface area contributed by atoms with Crippen LogP contribution in [-0.2, 0) is 11.2 Å². The zero-order valence-corrected chi connectivity index (χ0v) is 19.9. The quantitative estimate of drug-likeness (QED) is 0.392. The van der Waals surface area contributed by atoms with Crippen molar-refractivity contribution in [1.82, 2.24) is 24.8 Å². The van der Waals surface area contributed by atoms with Crippen LogP contribution in [0.5, 0.6) is 0 Å². The summed E-state index contributed by atoms with van der Waals surface area (Å²) >= 11 is 6.23. The Morgan fingerprint density at radius 2 is 2.03 bits per heavy atom. The Hall–Kier alpha value is -3.65. The number of anilines is 1. The van der Waals surface area contributed by atoms with Crippen LogP contribution in [0.3, 0.4) is 0 Å². The first-order valence-electron chi connectivity index (χ1n) is 11.1. The van der Waals surface area contributed by atoms with Gasteiger partial charge < -0.3 is 15.8 Å². The molecule has 0 saturated heterocycles. The third kappa shape index (κ3) is 4.17. The molecular weight excluding hydrogens is 452 g/mol. The molecule has 1 unspecified atom stereocenters. The molecule has 4 aromatic rings. The molecule has 0 fully saturated rings. The van der Waals surface area contributed by atoms with E-state index in [0.29, 0.717) is 33.5 Å². The fourth-order valence-corrected chi connectivity index (χ4v) is 4.45. The number of ether oxygens (including phenoxy) is 1. The third-order valence-corrected chi connectivity index (χ3v) is 5.91. The van der Waals surface area contributed by atoms with Crippen LogP contribution >= 0.6 is 11.6 Å². The van der Waals surface area contributed by atoms with Crippen LogP contribution in [0.4, 0.5) is 10.6 Å². The fraction of sp³-hybridized carbons (Fsp3) is 0.280. The number of halogens is 1. The monoisotopic (exact) mass is 476 g/mol. The third-order valence-electron chi connectivity index (χ3n) is 5.70. The summed E-state index contributed by atoms with van der Waals surface area (Å²) in [6.07, 6.45) is 2.86. The highest BCUT2D eigenvalue weighted by Crippen LogP contribution is 2.36. The van der Waals surface area contributed by atoms with Gasteiger partial charge in [-0.15, -0.1) is 0 Å². The van der Waals surface area contributed by atoms with Gasteiger partial charge >= 0.3 is 6.09 Å². The summed E-state index contributed by atoms with van der Waals surface area (Å²) < 4.78 is 7.38. The molecule has 1 atom stereocenters. The van der Waals surface area contributed by atoms with Gasteiger partial charge in [0.05, 0.1) is 11.6 Å². The number of fused-ring (bicyclic) bond motifs is 2. The largest absolute Gasteiger partial charge is 0.444 e. The maximum atomic E-state index is 12.3. The molecule has 0 bridgehead atoms. The molecule has 3 heterocycles. The maximum absolute atomic E-state index is 12.3. The van der Waals surface area contributed by atoms with Gasteiger partial charge in [-0.1, -0.05) is 17.7 Å². The number of benzene rings is 1. The second-order valence-electron chi connectivity index (χ2n) is 9.30. The highest BCUT2D eigenvalue weighted by molar-refractivity contribution is 6.29. The van der Waals surface area contributed by atoms with E-state index in [9.17, 15) is 4.79 Å². The molecule has 0 saturated carbocycles. The van der Waals surface area contributed by atoms with Crippen LogP contribution in [0.15, 0.2) is 48.7 Å². The summed E-state index contributed by atoms with van der Waals surface area (Å²) in [6, 6.07) is 13.3. The van der Waals surface area contributed by atoms with Crippen molar-refractivity contribution in [2.24, 2.45) is 0 Å². The molecule has 34 heavy (non-hydrogen) atoms. The van der Waals surface area contributed by atoms with Gasteiger partial charge in [-0.25, -0.2) is 19.7 Å². The summed E-state index contributed by atoms with van der Waals surface area (Å²) in [7, 11) is 0. The highest BCUT2D eigenvalue weighted by atomic mass is 35.5. The minimum absolute atomic E-state index is 0.0977. The summed E-state index contributed by atoms with van der Waals surface area (Å²) in [5, 5.41) is 3.37. The number of rotatable bonds is 3. The van der Waals surface area contributed by atoms with Crippen LogP contribution in [0, 0.1) is 0 Å². The van der Waals surface area contributed by atoms with E-state index in [1.165, 1.54) is 0 Å². The number of nitrogens with zero attached hydrogens (tertiary/aromatic N) is 4. The van der Waals surface area contributed by atoms with Crippen molar-refractivity contribution < 1.29 is 9.53 Å². The molecule has 3 aromatic heterocycles. The van der Waals surface area contributed by atoms with Crippen LogP contribution in [-0.4, -0.2) is 31.2 Å². The predicted octanol–water partition coefficient (Wildman–Crippen LogP) is 5.23. The summed E-state index contributed by atoms with van der Waals surface area (Å²) in [4.78, 5) is 25.9. The molecule has 9 heteroatoms. The normalized spacial score (nSPS) is 15.4. The lowest BCUT2D eigenvalue weighted by Crippen LogP contribution is -2.34. The molecular formula is C25H25ClN6O2. The Morgan fingerprint density at radius 3 is 2.79 bits per heavy atom. The first-order valence-corrected chi connectivity index (χ1v) is 11.5. The number of nitrogens with two attached hydrogens (primary N) is 1. The second-order valence-corrected chi connectivity index (χ2v) is 9.69. The lowest BCUT2D eigenvalue weighted by Gasteiger charge is -2.22. The average Bonchev–Trinajstić information content (AvgIpc) is 3.33. The number of imidazole rings is 1. The number of carbonyl (C=O) groups excluding carboxylic acids is 1. The van der Waals surface area contributed by atoms with Crippen LogP contribution < -0.4 is 11.1 Å². The molecule has 3 N–H and O–H groups in total. The van der Waals surface area contributed by atoms with Crippen molar-refractivity contribution in [1.29, 1.82) is 0 Å². The number of pyridine rings is 2. The van der Waals surface area contributed by atoms with Crippen LogP contribution in [0.2, 0.25) is 5.15 Å². The Kier molecular flexibility index (Phi) is 5.40. The first-order chi connectivity index (χ1) is 16.2. The Bertz CT molecular complexity index is 1410. The van der Waals surface area contributed by atoms with Gasteiger partial charge in [0.15, 0.2) is 11.5 Å². The number of aryl methyl sites for hydroxylation is 1. The van der Waals surface area contributed by atoms with Crippen LogP contribution in [0.25, 0.3) is 28.2 Å². The molecule has 8 nitrogen and oxygen atoms in total. The average molecular weight is 477 g/mol. The number of aromatic nitrogens is 4. The van der Waals surface area contributed by atoms with E-state index < -0.39 is 11.7 Å². The number of hydrogen-bond donors (Lipinski definition) is 2. The fourth-order valence-electron chi connectivity index (χ4n) is 4.31. The van der Waals surface area contributed by atoms with Gasteiger partial charge in [0.2, 0.25) is 0 Å². The zero-order valence-electron chi connectivity index (χ0n) is 19.2. The van der Waals surface area contributed by atoms with Gasteiger partial charge in [-0.2, -0.15) is 0 Å². The zero-order chi connectivity index (χ0) is 24.0. The lowest BCUT2D eigenvalue weighted by atomic mass is 10.1. The molecule has 1 aromatic carbocycles. The maximum Gasteiger partial charge on any atom is 0.408 e. The molecule has 0 radical (unpaired) electrons. The minimum atomic E-state index is -0.545. The van der Waals surface area contributed by atoms with Crippen molar-refractivity contribution >= 4 is 34.7 Å². The van der Waals surface area contributed by atoms with Gasteiger partial charge in [-0.3, -0.25) is 4.57 Å². The highest BCUT2D eigenvalue weighted by Gasteiger charge is 2.27. The van der Waals surface area contributed by atoms with Crippen molar-refractivity contribution in [3.8, 4) is 17.1 Å². The second kappa shape index (κ2) is 8.29. The SMILES string of the molecule is CC(C)(C)OC(=O)NC1CCc2cc(-n3c(-c4cccnc4N)nc4ccc(Cl)nc43)ccc21. The molecule has 0 spiro atoms. The molecule has 1 amide bonds. The van der Waals surface area contributed by atoms with E-state index in [-0.39, 0.29) is 6.04 Å². The molecule has 5 rings (SSSR count). The van der Waals surface area contributed by atoms with Gasteiger partial charge in [0.1, 0.15) is 22.1 Å².